The second kappa shape index (κ2) is 10.0. The highest BCUT2D eigenvalue weighted by molar-refractivity contribution is 6.04. The lowest BCUT2D eigenvalue weighted by molar-refractivity contribution is -0.155. The molecule has 1 aliphatic carbocycles. The second-order valence-corrected chi connectivity index (χ2v) is 9.80. The normalized spacial score (nSPS) is 21.4. The average Bonchev–Trinajstić information content (AvgIpc) is 3.04. The highest BCUT2D eigenvalue weighted by Crippen LogP contribution is 2.56. The fourth-order valence-corrected chi connectivity index (χ4v) is 4.68. The van der Waals surface area contributed by atoms with E-state index in [1.54, 1.807) is 20.8 Å². The second-order valence-electron chi connectivity index (χ2n) is 9.80. The Morgan fingerprint density at radius 1 is 1.00 bits per heavy atom. The molecule has 192 valence electrons. The highest BCUT2D eigenvalue weighted by Gasteiger charge is 2.58. The standard InChI is InChI=1S/C26H28F2N2O6/c1-25(2)16(11-12-26(25,3)24(35)36)21(31)30-19(23(33)34)13-14-7-9-15(10-8-14)29-22(32)20-17(27)5-4-6-18(20)28/h4-10,16,19H,11-13H2,1-3H3,(H,29,32)(H,30,31)(H,33,34)(H,35,36)/t16?,19-,26?/m0/s1. The monoisotopic (exact) mass is 502 g/mol. The molecule has 1 fully saturated rings. The van der Waals surface area contributed by atoms with E-state index in [1.807, 2.05) is 0 Å². The van der Waals surface area contributed by atoms with Gasteiger partial charge in [-0.1, -0.05) is 32.0 Å². The van der Waals surface area contributed by atoms with Crippen molar-refractivity contribution in [1.29, 1.82) is 0 Å². The molecule has 2 unspecified atom stereocenters. The first kappa shape index (κ1) is 26.8. The average molecular weight is 503 g/mol. The van der Waals surface area contributed by atoms with Gasteiger partial charge in [0, 0.05) is 18.0 Å². The number of carboxylic acids is 2. The molecule has 3 atom stereocenters. The summed E-state index contributed by atoms with van der Waals surface area (Å²) in [4.78, 5) is 48.9. The van der Waals surface area contributed by atoms with Crippen molar-refractivity contribution in [3.63, 3.8) is 0 Å². The molecule has 1 aliphatic rings. The maximum Gasteiger partial charge on any atom is 0.326 e. The SMILES string of the molecule is CC1(C(=O)O)CCC(C(=O)N[C@@H](Cc2ccc(NC(=O)c3c(F)cccc3F)cc2)C(=O)O)C1(C)C. The Morgan fingerprint density at radius 2 is 1.58 bits per heavy atom. The van der Waals surface area contributed by atoms with E-state index in [0.717, 1.165) is 18.2 Å². The molecule has 4 N–H and O–H groups in total. The third-order valence-electron chi connectivity index (χ3n) is 7.47. The zero-order valence-corrected chi connectivity index (χ0v) is 20.1. The van der Waals surface area contributed by atoms with Crippen molar-refractivity contribution in [3.05, 3.63) is 65.2 Å². The van der Waals surface area contributed by atoms with Crippen LogP contribution in [0.15, 0.2) is 42.5 Å². The Bertz CT molecular complexity index is 1180. The Kier molecular flexibility index (Phi) is 7.47. The lowest BCUT2D eigenvalue weighted by atomic mass is 9.65. The zero-order chi connectivity index (χ0) is 26.8. The van der Waals surface area contributed by atoms with Crippen LogP contribution in [0.5, 0.6) is 0 Å². The van der Waals surface area contributed by atoms with Crippen LogP contribution in [-0.4, -0.2) is 40.0 Å². The number of aliphatic carboxylic acids is 2. The van der Waals surface area contributed by atoms with Gasteiger partial charge >= 0.3 is 11.9 Å². The zero-order valence-electron chi connectivity index (χ0n) is 20.1. The van der Waals surface area contributed by atoms with Gasteiger partial charge in [0.25, 0.3) is 5.91 Å². The first-order chi connectivity index (χ1) is 16.8. The first-order valence-corrected chi connectivity index (χ1v) is 11.4. The Balaban J connectivity index is 1.68. The van der Waals surface area contributed by atoms with Crippen LogP contribution in [0.1, 0.15) is 49.5 Å². The van der Waals surface area contributed by atoms with Gasteiger partial charge in [-0.15, -0.1) is 0 Å². The van der Waals surface area contributed by atoms with Gasteiger partial charge in [-0.3, -0.25) is 14.4 Å². The van der Waals surface area contributed by atoms with Crippen LogP contribution >= 0.6 is 0 Å². The summed E-state index contributed by atoms with van der Waals surface area (Å²) in [6.07, 6.45) is 0.556. The molecule has 0 spiro atoms. The van der Waals surface area contributed by atoms with Crippen molar-refractivity contribution in [1.82, 2.24) is 5.32 Å². The van der Waals surface area contributed by atoms with E-state index in [-0.39, 0.29) is 12.1 Å². The number of carboxylic acid groups (broad SMARTS) is 2. The molecule has 2 aromatic rings. The summed E-state index contributed by atoms with van der Waals surface area (Å²) in [5.41, 5.74) is -1.95. The number of carbonyl (C=O) groups excluding carboxylic acids is 2. The predicted molar refractivity (Wildman–Crippen MR) is 126 cm³/mol. The van der Waals surface area contributed by atoms with Gasteiger partial charge < -0.3 is 20.8 Å². The summed E-state index contributed by atoms with van der Waals surface area (Å²) in [5, 5.41) is 24.2. The van der Waals surface area contributed by atoms with E-state index >= 15 is 0 Å². The van der Waals surface area contributed by atoms with Gasteiger partial charge in [-0.25, -0.2) is 13.6 Å². The lowest BCUT2D eigenvalue weighted by Crippen LogP contribution is -2.49. The molecule has 10 heteroatoms. The molecule has 0 aromatic heterocycles. The maximum atomic E-state index is 13.8. The van der Waals surface area contributed by atoms with Crippen molar-refractivity contribution in [2.75, 3.05) is 5.32 Å². The largest absolute Gasteiger partial charge is 0.481 e. The minimum atomic E-state index is -1.27. The van der Waals surface area contributed by atoms with Gasteiger partial charge in [0.15, 0.2) is 0 Å². The van der Waals surface area contributed by atoms with E-state index in [2.05, 4.69) is 10.6 Å². The van der Waals surface area contributed by atoms with Crippen LogP contribution in [0.3, 0.4) is 0 Å². The molecule has 0 saturated heterocycles. The van der Waals surface area contributed by atoms with E-state index in [4.69, 9.17) is 0 Å². The molecule has 0 heterocycles. The number of benzene rings is 2. The van der Waals surface area contributed by atoms with Crippen LogP contribution < -0.4 is 10.6 Å². The van der Waals surface area contributed by atoms with Gasteiger partial charge in [0.1, 0.15) is 23.2 Å². The molecular weight excluding hydrogens is 474 g/mol. The summed E-state index contributed by atoms with van der Waals surface area (Å²) in [5.74, 6) is -6.42. The number of carbonyl (C=O) groups is 4. The molecular formula is C26H28F2N2O6. The minimum Gasteiger partial charge on any atom is -0.481 e. The van der Waals surface area contributed by atoms with Crippen molar-refractivity contribution in [3.8, 4) is 0 Å². The fraction of sp³-hybridized carbons (Fsp3) is 0.385. The molecule has 3 rings (SSSR count). The number of hydrogen-bond acceptors (Lipinski definition) is 4. The van der Waals surface area contributed by atoms with Crippen LogP contribution in [0.2, 0.25) is 0 Å². The van der Waals surface area contributed by atoms with Gasteiger partial charge in [0.2, 0.25) is 5.91 Å². The van der Waals surface area contributed by atoms with Crippen molar-refractivity contribution >= 4 is 29.4 Å². The Labute approximate surface area is 206 Å². The topological polar surface area (TPSA) is 133 Å². The van der Waals surface area contributed by atoms with Crippen molar-refractivity contribution in [2.45, 2.75) is 46.1 Å². The molecule has 36 heavy (non-hydrogen) atoms. The lowest BCUT2D eigenvalue weighted by Gasteiger charge is -2.38. The van der Waals surface area contributed by atoms with Gasteiger partial charge in [-0.2, -0.15) is 0 Å². The van der Waals surface area contributed by atoms with Crippen LogP contribution in [-0.2, 0) is 20.8 Å². The molecule has 2 amide bonds. The number of nitrogens with one attached hydrogen (secondary N) is 2. The number of hydrogen-bond donors (Lipinski definition) is 4. The quantitative estimate of drug-likeness (QED) is 0.433. The molecule has 0 radical (unpaired) electrons. The summed E-state index contributed by atoms with van der Waals surface area (Å²) >= 11 is 0. The van der Waals surface area contributed by atoms with Crippen LogP contribution in [0.4, 0.5) is 14.5 Å². The molecule has 0 aliphatic heterocycles. The summed E-state index contributed by atoms with van der Waals surface area (Å²) in [7, 11) is 0. The molecule has 0 bridgehead atoms. The Morgan fingerprint density at radius 3 is 2.08 bits per heavy atom. The van der Waals surface area contributed by atoms with E-state index in [9.17, 15) is 38.2 Å². The van der Waals surface area contributed by atoms with Gasteiger partial charge in [-0.05, 0) is 55.0 Å². The third kappa shape index (κ3) is 5.07. The first-order valence-electron chi connectivity index (χ1n) is 11.4. The summed E-state index contributed by atoms with van der Waals surface area (Å²) in [6, 6.07) is 7.76. The number of amides is 2. The van der Waals surface area contributed by atoms with Crippen molar-refractivity contribution in [2.24, 2.45) is 16.7 Å². The smallest absolute Gasteiger partial charge is 0.326 e. The highest BCUT2D eigenvalue weighted by atomic mass is 19.1. The van der Waals surface area contributed by atoms with E-state index < -0.39 is 63.7 Å². The van der Waals surface area contributed by atoms with E-state index in [1.165, 1.54) is 24.3 Å². The van der Waals surface area contributed by atoms with E-state index in [0.29, 0.717) is 18.4 Å². The summed E-state index contributed by atoms with van der Waals surface area (Å²) in [6.45, 7) is 5.00. The third-order valence-corrected chi connectivity index (χ3v) is 7.47. The number of halogens is 2. The molecule has 8 nitrogen and oxygen atoms in total. The molecule has 1 saturated carbocycles. The minimum absolute atomic E-state index is 0.0689. The Hall–Kier alpha value is -3.82. The fourth-order valence-electron chi connectivity index (χ4n) is 4.68. The molecule has 2 aromatic carbocycles. The van der Waals surface area contributed by atoms with Gasteiger partial charge in [0.05, 0.1) is 5.41 Å². The van der Waals surface area contributed by atoms with Crippen LogP contribution in [0.25, 0.3) is 0 Å². The maximum absolute atomic E-state index is 13.8. The number of anilines is 1. The van der Waals surface area contributed by atoms with Crippen molar-refractivity contribution < 1.29 is 38.2 Å². The number of rotatable bonds is 8. The summed E-state index contributed by atoms with van der Waals surface area (Å²) < 4.78 is 27.6. The van der Waals surface area contributed by atoms with Crippen LogP contribution in [0, 0.1) is 28.4 Å². The predicted octanol–water partition coefficient (Wildman–Crippen LogP) is 3.86.